The van der Waals surface area contributed by atoms with Gasteiger partial charge in [-0.05, 0) is 18.2 Å². The zero-order valence-electron chi connectivity index (χ0n) is 8.76. The minimum Gasteiger partial charge on any atom is -0.496 e. The van der Waals surface area contributed by atoms with Gasteiger partial charge < -0.3 is 9.47 Å². The minimum atomic E-state index is -3.86. The number of carbonyl (C=O) groups is 1. The largest absolute Gasteiger partial charge is 0.496 e. The summed E-state index contributed by atoms with van der Waals surface area (Å²) in [6, 6.07) is 3.70. The molecule has 0 aliphatic rings. The predicted molar refractivity (Wildman–Crippen MR) is 55.7 cm³/mol. The standard InChI is InChI=1S/C9H11NO5S/c1-14-8-4-3-6(16(10,12)13)5-7(8)9(11)15-2/h3-5H,1-2H3,(H2,10,12,13). The lowest BCUT2D eigenvalue weighted by Crippen LogP contribution is -2.14. The first-order valence-corrected chi connectivity index (χ1v) is 5.74. The van der Waals surface area contributed by atoms with Crippen LogP contribution in [0, 0.1) is 0 Å². The van der Waals surface area contributed by atoms with Crippen LogP contribution in [-0.2, 0) is 14.8 Å². The molecule has 0 bridgehead atoms. The Morgan fingerprint density at radius 1 is 1.31 bits per heavy atom. The van der Waals surface area contributed by atoms with Crippen LogP contribution >= 0.6 is 0 Å². The van der Waals surface area contributed by atoms with E-state index in [2.05, 4.69) is 4.74 Å². The lowest BCUT2D eigenvalue weighted by atomic mass is 10.2. The normalized spacial score (nSPS) is 10.9. The maximum absolute atomic E-state index is 11.3. The van der Waals surface area contributed by atoms with Crippen LogP contribution in [-0.4, -0.2) is 28.6 Å². The summed E-state index contributed by atoms with van der Waals surface area (Å²) in [5.41, 5.74) is 0.0107. The summed E-state index contributed by atoms with van der Waals surface area (Å²) < 4.78 is 31.6. The molecule has 0 aliphatic heterocycles. The first-order chi connectivity index (χ1) is 7.40. The summed E-state index contributed by atoms with van der Waals surface area (Å²) in [7, 11) is -1.31. The SMILES string of the molecule is COC(=O)c1cc(S(N)(=O)=O)ccc1OC. The second-order valence-corrected chi connectivity index (χ2v) is 4.46. The van der Waals surface area contributed by atoms with Crippen molar-refractivity contribution in [3.8, 4) is 5.75 Å². The second kappa shape index (κ2) is 4.50. The molecular weight excluding hydrogens is 234 g/mol. The third kappa shape index (κ3) is 2.50. The summed E-state index contributed by atoms with van der Waals surface area (Å²) in [4.78, 5) is 11.2. The third-order valence-corrected chi connectivity index (χ3v) is 2.82. The van der Waals surface area contributed by atoms with E-state index in [1.807, 2.05) is 0 Å². The Kier molecular flexibility index (Phi) is 3.51. The molecule has 16 heavy (non-hydrogen) atoms. The number of rotatable bonds is 3. The molecule has 2 N–H and O–H groups in total. The van der Waals surface area contributed by atoms with E-state index in [0.29, 0.717) is 0 Å². The highest BCUT2D eigenvalue weighted by Gasteiger charge is 2.17. The molecule has 1 aromatic carbocycles. The highest BCUT2D eigenvalue weighted by atomic mass is 32.2. The van der Waals surface area contributed by atoms with Crippen molar-refractivity contribution in [3.05, 3.63) is 23.8 Å². The Bertz CT molecular complexity index is 509. The van der Waals surface area contributed by atoms with E-state index in [1.54, 1.807) is 0 Å². The van der Waals surface area contributed by atoms with Crippen LogP contribution in [0.15, 0.2) is 23.1 Å². The summed E-state index contributed by atoms with van der Waals surface area (Å²) in [5.74, 6) is -0.471. The molecular formula is C9H11NO5S. The molecule has 1 rings (SSSR count). The molecule has 0 saturated heterocycles. The van der Waals surface area contributed by atoms with Gasteiger partial charge in [0, 0.05) is 0 Å². The smallest absolute Gasteiger partial charge is 0.341 e. The van der Waals surface area contributed by atoms with Crippen molar-refractivity contribution in [1.82, 2.24) is 0 Å². The Balaban J connectivity index is 3.38. The number of benzene rings is 1. The zero-order valence-corrected chi connectivity index (χ0v) is 9.58. The fourth-order valence-corrected chi connectivity index (χ4v) is 1.67. The molecule has 88 valence electrons. The Morgan fingerprint density at radius 2 is 1.94 bits per heavy atom. The number of primary sulfonamides is 1. The molecule has 0 spiro atoms. The molecule has 0 fully saturated rings. The van der Waals surface area contributed by atoms with E-state index in [0.717, 1.165) is 6.07 Å². The van der Waals surface area contributed by atoms with Crippen LogP contribution in [0.25, 0.3) is 0 Å². The van der Waals surface area contributed by atoms with E-state index < -0.39 is 16.0 Å². The first-order valence-electron chi connectivity index (χ1n) is 4.19. The van der Waals surface area contributed by atoms with Crippen molar-refractivity contribution in [2.45, 2.75) is 4.90 Å². The van der Waals surface area contributed by atoms with Crippen LogP contribution in [0.1, 0.15) is 10.4 Å². The maximum Gasteiger partial charge on any atom is 0.341 e. The van der Waals surface area contributed by atoms with Crippen LogP contribution in [0.2, 0.25) is 0 Å². The van der Waals surface area contributed by atoms with Crippen LogP contribution in [0.3, 0.4) is 0 Å². The third-order valence-electron chi connectivity index (χ3n) is 1.90. The van der Waals surface area contributed by atoms with E-state index in [9.17, 15) is 13.2 Å². The number of sulfonamides is 1. The number of hydrogen-bond acceptors (Lipinski definition) is 5. The quantitative estimate of drug-likeness (QED) is 0.763. The Labute approximate surface area is 93.0 Å². The van der Waals surface area contributed by atoms with Gasteiger partial charge in [0.05, 0.1) is 19.1 Å². The van der Waals surface area contributed by atoms with Gasteiger partial charge in [0.2, 0.25) is 10.0 Å². The zero-order chi connectivity index (χ0) is 12.3. The molecule has 0 heterocycles. The molecule has 0 saturated carbocycles. The van der Waals surface area contributed by atoms with Crippen molar-refractivity contribution in [2.75, 3.05) is 14.2 Å². The van der Waals surface area contributed by atoms with Crippen molar-refractivity contribution in [3.63, 3.8) is 0 Å². The Hall–Kier alpha value is -1.60. The predicted octanol–water partition coefficient (Wildman–Crippen LogP) is 0.129. The number of methoxy groups -OCH3 is 2. The van der Waals surface area contributed by atoms with Gasteiger partial charge in [-0.1, -0.05) is 0 Å². The van der Waals surface area contributed by atoms with Gasteiger partial charge in [0.1, 0.15) is 11.3 Å². The average molecular weight is 245 g/mol. The topological polar surface area (TPSA) is 95.7 Å². The second-order valence-electron chi connectivity index (χ2n) is 2.90. The number of ether oxygens (including phenoxy) is 2. The molecule has 0 aliphatic carbocycles. The van der Waals surface area contributed by atoms with Crippen LogP contribution in [0.4, 0.5) is 0 Å². The van der Waals surface area contributed by atoms with Gasteiger partial charge in [-0.15, -0.1) is 0 Å². The van der Waals surface area contributed by atoms with Gasteiger partial charge in [0.25, 0.3) is 0 Å². The summed E-state index contributed by atoms with van der Waals surface area (Å²) in [6.07, 6.45) is 0. The number of esters is 1. The van der Waals surface area contributed by atoms with E-state index in [4.69, 9.17) is 9.88 Å². The number of carbonyl (C=O) groups excluding carboxylic acids is 1. The van der Waals surface area contributed by atoms with Crippen molar-refractivity contribution < 1.29 is 22.7 Å². The van der Waals surface area contributed by atoms with Gasteiger partial charge in [-0.3, -0.25) is 0 Å². The molecule has 6 nitrogen and oxygen atoms in total. The monoisotopic (exact) mass is 245 g/mol. The fraction of sp³-hybridized carbons (Fsp3) is 0.222. The van der Waals surface area contributed by atoms with Gasteiger partial charge in [0.15, 0.2) is 0 Å². The van der Waals surface area contributed by atoms with E-state index >= 15 is 0 Å². The van der Waals surface area contributed by atoms with Crippen LogP contribution < -0.4 is 9.88 Å². The number of hydrogen-bond donors (Lipinski definition) is 1. The molecule has 0 atom stereocenters. The molecule has 0 unspecified atom stereocenters. The van der Waals surface area contributed by atoms with Crippen LogP contribution in [0.5, 0.6) is 5.75 Å². The van der Waals surface area contributed by atoms with Crippen molar-refractivity contribution in [1.29, 1.82) is 0 Å². The highest BCUT2D eigenvalue weighted by molar-refractivity contribution is 7.89. The van der Waals surface area contributed by atoms with E-state index in [1.165, 1.54) is 26.4 Å². The number of nitrogens with two attached hydrogens (primary N) is 1. The molecule has 0 amide bonds. The van der Waals surface area contributed by atoms with Crippen molar-refractivity contribution in [2.24, 2.45) is 5.14 Å². The first kappa shape index (κ1) is 12.5. The lowest BCUT2D eigenvalue weighted by molar-refractivity contribution is 0.0597. The summed E-state index contributed by atoms with van der Waals surface area (Å²) >= 11 is 0. The highest BCUT2D eigenvalue weighted by Crippen LogP contribution is 2.22. The molecule has 7 heteroatoms. The minimum absolute atomic E-state index is 0.0107. The van der Waals surface area contributed by atoms with Crippen molar-refractivity contribution >= 4 is 16.0 Å². The summed E-state index contributed by atoms with van der Waals surface area (Å²) in [6.45, 7) is 0. The van der Waals surface area contributed by atoms with Gasteiger partial charge in [-0.2, -0.15) is 0 Å². The Morgan fingerprint density at radius 3 is 2.38 bits per heavy atom. The average Bonchev–Trinajstić information content (AvgIpc) is 2.25. The van der Waals surface area contributed by atoms with Gasteiger partial charge in [-0.25, -0.2) is 18.4 Å². The van der Waals surface area contributed by atoms with E-state index in [-0.39, 0.29) is 16.2 Å². The fourth-order valence-electron chi connectivity index (χ4n) is 1.13. The maximum atomic E-state index is 11.3. The molecule has 0 aromatic heterocycles. The lowest BCUT2D eigenvalue weighted by Gasteiger charge is -2.07. The molecule has 1 aromatic rings. The molecule has 0 radical (unpaired) electrons. The van der Waals surface area contributed by atoms with Gasteiger partial charge >= 0.3 is 5.97 Å². The summed E-state index contributed by atoms with van der Waals surface area (Å²) in [5, 5.41) is 4.94.